The van der Waals surface area contributed by atoms with E-state index in [1.54, 1.807) is 29.2 Å². The highest BCUT2D eigenvalue weighted by Crippen LogP contribution is 2.28. The van der Waals surface area contributed by atoms with Crippen LogP contribution in [0, 0.1) is 0 Å². The van der Waals surface area contributed by atoms with E-state index in [0.717, 1.165) is 41.3 Å². The van der Waals surface area contributed by atoms with Gasteiger partial charge in [-0.05, 0) is 54.3 Å². The van der Waals surface area contributed by atoms with Gasteiger partial charge in [-0.15, -0.1) is 0 Å². The topological polar surface area (TPSA) is 58.6 Å². The zero-order valence-corrected chi connectivity index (χ0v) is 23.4. The van der Waals surface area contributed by atoms with Crippen LogP contribution in [0.25, 0.3) is 0 Å². The van der Waals surface area contributed by atoms with E-state index < -0.39 is 6.04 Å². The Morgan fingerprint density at radius 3 is 2.41 bits per heavy atom. The van der Waals surface area contributed by atoms with Crippen molar-refractivity contribution in [1.82, 2.24) is 10.2 Å². The minimum Gasteiger partial charge on any atom is -0.482 e. The predicted molar refractivity (Wildman–Crippen MR) is 151 cm³/mol. The molecule has 0 radical (unpaired) electrons. The maximum atomic E-state index is 13.7. The average molecular weight is 604 g/mol. The van der Waals surface area contributed by atoms with E-state index in [9.17, 15) is 9.59 Å². The van der Waals surface area contributed by atoms with Gasteiger partial charge in [0.15, 0.2) is 6.61 Å². The Bertz CT molecular complexity index is 1220. The van der Waals surface area contributed by atoms with E-state index in [2.05, 4.69) is 21.2 Å². The third kappa shape index (κ3) is 7.97. The van der Waals surface area contributed by atoms with Gasteiger partial charge in [-0.3, -0.25) is 9.59 Å². The highest BCUT2D eigenvalue weighted by molar-refractivity contribution is 9.10. The number of hydrogen-bond acceptors (Lipinski definition) is 3. The number of benzene rings is 3. The molecule has 2 amide bonds. The molecule has 1 N–H and O–H groups in total. The Morgan fingerprint density at radius 2 is 1.70 bits per heavy atom. The number of nitrogens with one attached hydrogen (secondary N) is 1. The fourth-order valence-electron chi connectivity index (χ4n) is 4.57. The van der Waals surface area contributed by atoms with Crippen LogP contribution in [0.5, 0.6) is 5.75 Å². The molecule has 4 rings (SSSR count). The summed E-state index contributed by atoms with van der Waals surface area (Å²) in [6.07, 6.45) is 4.49. The Morgan fingerprint density at radius 1 is 0.973 bits per heavy atom. The fraction of sp³-hybridized carbons (Fsp3) is 0.310. The van der Waals surface area contributed by atoms with Gasteiger partial charge >= 0.3 is 0 Å². The summed E-state index contributed by atoms with van der Waals surface area (Å²) in [5, 5.41) is 4.15. The molecule has 0 bridgehead atoms. The van der Waals surface area contributed by atoms with Gasteiger partial charge in [0.1, 0.15) is 11.8 Å². The average Bonchev–Trinajstić information content (AvgIpc) is 3.39. The van der Waals surface area contributed by atoms with Crippen LogP contribution in [0.4, 0.5) is 0 Å². The monoisotopic (exact) mass is 602 g/mol. The lowest BCUT2D eigenvalue weighted by atomic mass is 10.0. The fourth-order valence-corrected chi connectivity index (χ4v) is 5.51. The number of ether oxygens (including phenoxy) is 1. The molecule has 3 aromatic rings. The zero-order chi connectivity index (χ0) is 26.2. The van der Waals surface area contributed by atoms with E-state index >= 15 is 0 Å². The number of amides is 2. The third-order valence-corrected chi connectivity index (χ3v) is 7.48. The van der Waals surface area contributed by atoms with Gasteiger partial charge in [0.25, 0.3) is 5.91 Å². The third-order valence-electron chi connectivity index (χ3n) is 6.46. The van der Waals surface area contributed by atoms with Crippen LogP contribution in [-0.4, -0.2) is 35.4 Å². The van der Waals surface area contributed by atoms with Gasteiger partial charge in [-0.2, -0.15) is 0 Å². The molecule has 0 heterocycles. The molecule has 1 aliphatic carbocycles. The van der Waals surface area contributed by atoms with E-state index in [1.807, 2.05) is 48.5 Å². The second kappa shape index (κ2) is 13.3. The van der Waals surface area contributed by atoms with Crippen LogP contribution < -0.4 is 10.1 Å². The Balaban J connectivity index is 1.62. The largest absolute Gasteiger partial charge is 0.482 e. The molecule has 0 aliphatic heterocycles. The van der Waals surface area contributed by atoms with Crippen LogP contribution in [0.15, 0.2) is 77.3 Å². The molecule has 5 nitrogen and oxygen atoms in total. The molecule has 1 aliphatic rings. The molecule has 194 valence electrons. The summed E-state index contributed by atoms with van der Waals surface area (Å²) < 4.78 is 6.62. The Labute approximate surface area is 236 Å². The molecule has 1 fully saturated rings. The summed E-state index contributed by atoms with van der Waals surface area (Å²) in [6.45, 7) is -0.0453. The molecular weight excluding hydrogens is 575 g/mol. The second-order valence-corrected chi connectivity index (χ2v) is 11.0. The van der Waals surface area contributed by atoms with E-state index in [0.29, 0.717) is 22.2 Å². The number of rotatable bonds is 10. The minimum atomic E-state index is -0.724. The van der Waals surface area contributed by atoms with Crippen molar-refractivity contribution in [1.29, 1.82) is 0 Å². The van der Waals surface area contributed by atoms with Crippen molar-refractivity contribution < 1.29 is 14.3 Å². The van der Waals surface area contributed by atoms with Crippen molar-refractivity contribution >= 4 is 50.9 Å². The molecule has 3 aromatic carbocycles. The Hall–Kier alpha value is -2.54. The number of hydrogen-bond donors (Lipinski definition) is 1. The van der Waals surface area contributed by atoms with Gasteiger partial charge in [0.2, 0.25) is 5.91 Å². The highest BCUT2D eigenvalue weighted by atomic mass is 79.9. The van der Waals surface area contributed by atoms with Crippen molar-refractivity contribution in [3.8, 4) is 5.75 Å². The predicted octanol–water partition coefficient (Wildman–Crippen LogP) is 6.83. The first-order chi connectivity index (χ1) is 17.9. The molecular formula is C29H29BrCl2N2O3. The van der Waals surface area contributed by atoms with E-state index in [-0.39, 0.29) is 31.0 Å². The van der Waals surface area contributed by atoms with Gasteiger partial charge in [0.05, 0.1) is 5.02 Å². The van der Waals surface area contributed by atoms with Crippen molar-refractivity contribution in [3.05, 3.63) is 98.4 Å². The maximum absolute atomic E-state index is 13.7. The summed E-state index contributed by atoms with van der Waals surface area (Å²) in [5.41, 5.74) is 1.80. The first-order valence-electron chi connectivity index (χ1n) is 12.3. The van der Waals surface area contributed by atoms with Crippen molar-refractivity contribution in [3.63, 3.8) is 0 Å². The quantitative estimate of drug-likeness (QED) is 0.276. The highest BCUT2D eigenvalue weighted by Gasteiger charge is 2.32. The van der Waals surface area contributed by atoms with Gasteiger partial charge in [-0.1, -0.05) is 94.4 Å². The van der Waals surface area contributed by atoms with Crippen LogP contribution >= 0.6 is 39.1 Å². The lowest BCUT2D eigenvalue weighted by Gasteiger charge is -2.32. The first-order valence-corrected chi connectivity index (χ1v) is 13.9. The van der Waals surface area contributed by atoms with Crippen LogP contribution in [0.2, 0.25) is 10.0 Å². The number of carbonyl (C=O) groups excluding carboxylic acids is 2. The molecule has 0 aromatic heterocycles. The molecule has 1 atom stereocenters. The van der Waals surface area contributed by atoms with Crippen molar-refractivity contribution in [2.24, 2.45) is 0 Å². The number of nitrogens with zero attached hydrogens (tertiary/aromatic N) is 1. The smallest absolute Gasteiger partial charge is 0.261 e. The van der Waals surface area contributed by atoms with Gasteiger partial charge in [0, 0.05) is 28.5 Å². The molecule has 37 heavy (non-hydrogen) atoms. The molecule has 0 spiro atoms. The summed E-state index contributed by atoms with van der Waals surface area (Å²) in [5.74, 6) is -0.0785. The van der Waals surface area contributed by atoms with Crippen LogP contribution in [-0.2, 0) is 22.6 Å². The standard InChI is InChI=1S/C29H29BrCl2N2O3/c30-22-13-14-27(25(32)17-22)37-19-28(35)34(18-21-9-6-10-23(31)15-21)26(16-20-7-2-1-3-8-20)29(36)33-24-11-4-5-12-24/h1-3,6-10,13-15,17,24,26H,4-5,11-12,16,18-19H2,(H,33,36)/t26-/m1/s1. The number of halogens is 3. The summed E-state index contributed by atoms with van der Waals surface area (Å²) in [7, 11) is 0. The lowest BCUT2D eigenvalue weighted by molar-refractivity contribution is -0.143. The summed E-state index contributed by atoms with van der Waals surface area (Å²) >= 11 is 15.9. The van der Waals surface area contributed by atoms with Gasteiger partial charge in [-0.25, -0.2) is 0 Å². The van der Waals surface area contributed by atoms with E-state index in [4.69, 9.17) is 27.9 Å². The Kier molecular flexibility index (Phi) is 9.89. The van der Waals surface area contributed by atoms with Crippen LogP contribution in [0.1, 0.15) is 36.8 Å². The van der Waals surface area contributed by atoms with E-state index in [1.165, 1.54) is 0 Å². The van der Waals surface area contributed by atoms with Crippen LogP contribution in [0.3, 0.4) is 0 Å². The molecule has 8 heteroatoms. The second-order valence-electron chi connectivity index (χ2n) is 9.21. The van der Waals surface area contributed by atoms with Crippen molar-refractivity contribution in [2.75, 3.05) is 6.61 Å². The SMILES string of the molecule is O=C(NC1CCCC1)[C@@H](Cc1ccccc1)N(Cc1cccc(Cl)c1)C(=O)COc1ccc(Br)cc1Cl. The zero-order valence-electron chi connectivity index (χ0n) is 20.3. The van der Waals surface area contributed by atoms with Crippen molar-refractivity contribution in [2.45, 2.75) is 50.7 Å². The summed E-state index contributed by atoms with van der Waals surface area (Å²) in [6, 6.07) is 21.7. The molecule has 0 unspecified atom stereocenters. The molecule has 1 saturated carbocycles. The number of carbonyl (C=O) groups is 2. The first kappa shape index (κ1) is 27.5. The summed E-state index contributed by atoms with van der Waals surface area (Å²) in [4.78, 5) is 29.0. The molecule has 0 saturated heterocycles. The minimum absolute atomic E-state index is 0.131. The normalized spacial score (nSPS) is 14.2. The van der Waals surface area contributed by atoms with Gasteiger partial charge < -0.3 is 15.0 Å². The lowest BCUT2D eigenvalue weighted by Crippen LogP contribution is -2.53. The maximum Gasteiger partial charge on any atom is 0.261 e.